The summed E-state index contributed by atoms with van der Waals surface area (Å²) < 4.78 is 14.5. The molecule has 170 valence electrons. The zero-order chi connectivity index (χ0) is 23.1. The fraction of sp³-hybridized carbons (Fsp3) is 0.364. The molecule has 0 atom stereocenters. The lowest BCUT2D eigenvalue weighted by atomic mass is 9.98. The molecule has 9 nitrogen and oxygen atoms in total. The van der Waals surface area contributed by atoms with Gasteiger partial charge in [0.05, 0.1) is 11.4 Å². The first-order chi connectivity index (χ1) is 15.5. The van der Waals surface area contributed by atoms with E-state index in [4.69, 9.17) is 22.0 Å². The number of aliphatic hydroxyl groups is 1. The number of rotatable bonds is 8. The summed E-state index contributed by atoms with van der Waals surface area (Å²) in [6, 6.07) is 4.43. The third kappa shape index (κ3) is 5.27. The van der Waals surface area contributed by atoms with E-state index in [0.717, 1.165) is 45.0 Å². The number of halogens is 1. The van der Waals surface area contributed by atoms with Crippen LogP contribution in [0.25, 0.3) is 5.57 Å². The van der Waals surface area contributed by atoms with E-state index in [1.807, 2.05) is 0 Å². The molecule has 3 rings (SSSR count). The van der Waals surface area contributed by atoms with Crippen LogP contribution in [-0.4, -0.2) is 78.3 Å². The van der Waals surface area contributed by atoms with Crippen molar-refractivity contribution >= 4 is 29.0 Å². The van der Waals surface area contributed by atoms with Crippen molar-refractivity contribution in [2.75, 3.05) is 57.0 Å². The van der Waals surface area contributed by atoms with Gasteiger partial charge in [-0.2, -0.15) is 0 Å². The summed E-state index contributed by atoms with van der Waals surface area (Å²) in [5, 5.41) is 17.7. The van der Waals surface area contributed by atoms with Crippen LogP contribution in [-0.2, 0) is 0 Å². The Hall–Kier alpha value is -3.37. The number of aliphatic imine (C=N–C) groups is 1. The van der Waals surface area contributed by atoms with E-state index in [1.54, 1.807) is 13.1 Å². The average Bonchev–Trinajstić information content (AvgIpc) is 2.81. The smallest absolute Gasteiger partial charge is 0.133 e. The van der Waals surface area contributed by atoms with Gasteiger partial charge in [0.1, 0.15) is 18.0 Å². The molecule has 2 heterocycles. The minimum Gasteiger partial charge on any atom is -0.404 e. The molecule has 0 radical (unpaired) electrons. The molecule has 0 aliphatic carbocycles. The number of hydrogen-bond acceptors (Lipinski definition) is 9. The zero-order valence-electron chi connectivity index (χ0n) is 18.1. The highest BCUT2D eigenvalue weighted by Crippen LogP contribution is 2.25. The summed E-state index contributed by atoms with van der Waals surface area (Å²) in [4.78, 5) is 17.0. The molecule has 0 saturated carbocycles. The molecule has 32 heavy (non-hydrogen) atoms. The van der Waals surface area contributed by atoms with E-state index in [1.165, 1.54) is 30.9 Å². The highest BCUT2D eigenvalue weighted by Gasteiger charge is 2.20. The first-order valence-corrected chi connectivity index (χ1v) is 10.4. The third-order valence-electron chi connectivity index (χ3n) is 5.40. The van der Waals surface area contributed by atoms with Crippen LogP contribution in [0.3, 0.4) is 0 Å². The molecule has 1 aliphatic rings. The summed E-state index contributed by atoms with van der Waals surface area (Å²) in [5.41, 5.74) is 13.2. The highest BCUT2D eigenvalue weighted by molar-refractivity contribution is 6.15. The molecule has 1 aromatic heterocycles. The average molecular weight is 441 g/mol. The Labute approximate surface area is 186 Å². The molecule has 1 saturated heterocycles. The van der Waals surface area contributed by atoms with Crippen LogP contribution in [0.1, 0.15) is 23.2 Å². The van der Waals surface area contributed by atoms with Crippen LogP contribution in [0.2, 0.25) is 0 Å². The number of aromatic nitrogens is 2. The molecular weight excluding hydrogens is 411 g/mol. The van der Waals surface area contributed by atoms with Gasteiger partial charge >= 0.3 is 0 Å². The highest BCUT2D eigenvalue weighted by atomic mass is 19.1. The summed E-state index contributed by atoms with van der Waals surface area (Å²) in [7, 11) is 1.57. The molecule has 1 aromatic carbocycles. The van der Waals surface area contributed by atoms with E-state index in [0.29, 0.717) is 16.8 Å². The molecular formula is C22H29FN8O. The van der Waals surface area contributed by atoms with Gasteiger partial charge in [-0.25, -0.2) is 14.4 Å². The van der Waals surface area contributed by atoms with Crippen LogP contribution in [0.4, 0.5) is 15.9 Å². The van der Waals surface area contributed by atoms with Gasteiger partial charge in [-0.05, 0) is 18.6 Å². The van der Waals surface area contributed by atoms with Crippen molar-refractivity contribution in [1.82, 2.24) is 14.9 Å². The van der Waals surface area contributed by atoms with Gasteiger partial charge in [-0.15, -0.1) is 0 Å². The second-order valence-electron chi connectivity index (χ2n) is 7.47. The van der Waals surface area contributed by atoms with Gasteiger partial charge in [0.15, 0.2) is 0 Å². The maximum atomic E-state index is 14.5. The van der Waals surface area contributed by atoms with Gasteiger partial charge in [0.25, 0.3) is 0 Å². The fourth-order valence-electron chi connectivity index (χ4n) is 3.66. The molecule has 0 bridgehead atoms. The lowest BCUT2D eigenvalue weighted by Crippen LogP contribution is -2.47. The first kappa shape index (κ1) is 23.3. The minimum atomic E-state index is -0.543. The van der Waals surface area contributed by atoms with Crippen LogP contribution >= 0.6 is 0 Å². The normalized spacial score (nSPS) is 15.5. The Morgan fingerprint density at radius 3 is 2.62 bits per heavy atom. The predicted molar refractivity (Wildman–Crippen MR) is 126 cm³/mol. The number of piperazine rings is 1. The molecule has 2 aromatic rings. The molecule has 1 aliphatic heterocycles. The van der Waals surface area contributed by atoms with Crippen molar-refractivity contribution in [3.05, 3.63) is 53.4 Å². The number of nitrogens with one attached hydrogen (secondary N) is 1. The van der Waals surface area contributed by atoms with Crippen molar-refractivity contribution in [3.8, 4) is 0 Å². The van der Waals surface area contributed by atoms with Crippen molar-refractivity contribution in [1.29, 1.82) is 5.41 Å². The number of hydrogen-bond donors (Lipinski definition) is 4. The second kappa shape index (κ2) is 10.8. The quantitative estimate of drug-likeness (QED) is 0.356. The second-order valence-corrected chi connectivity index (χ2v) is 7.47. The number of aliphatic hydroxyl groups excluding tert-OH is 1. The van der Waals surface area contributed by atoms with Gasteiger partial charge < -0.3 is 21.5 Å². The van der Waals surface area contributed by atoms with Crippen molar-refractivity contribution in [2.24, 2.45) is 10.7 Å². The third-order valence-corrected chi connectivity index (χ3v) is 5.40. The molecule has 0 spiro atoms. The van der Waals surface area contributed by atoms with Crippen LogP contribution < -0.4 is 16.4 Å². The Kier molecular flexibility index (Phi) is 7.85. The molecule has 6 N–H and O–H groups in total. The SMILES string of the molecule is CN=CC(=CN)c1cc(C(=N)c2cc(N3CCN(CCCO)CC3)ncn2)c(N)cc1F. The lowest BCUT2D eigenvalue weighted by Gasteiger charge is -2.35. The zero-order valence-corrected chi connectivity index (χ0v) is 18.1. The topological polar surface area (TPSA) is 141 Å². The van der Waals surface area contributed by atoms with Crippen molar-refractivity contribution in [3.63, 3.8) is 0 Å². The van der Waals surface area contributed by atoms with Crippen molar-refractivity contribution in [2.45, 2.75) is 6.42 Å². The number of nitrogens with zero attached hydrogens (tertiary/aromatic N) is 5. The summed E-state index contributed by atoms with van der Waals surface area (Å²) in [5.74, 6) is 0.182. The number of allylic oxidation sites excluding steroid dienone is 1. The van der Waals surface area contributed by atoms with Gasteiger partial charge in [0.2, 0.25) is 0 Å². The van der Waals surface area contributed by atoms with Gasteiger partial charge in [-0.3, -0.25) is 15.3 Å². The molecule has 0 unspecified atom stereocenters. The monoisotopic (exact) mass is 440 g/mol. The van der Waals surface area contributed by atoms with Crippen LogP contribution in [0, 0.1) is 11.2 Å². The number of nitrogen functional groups attached to an aromatic ring is 1. The van der Waals surface area contributed by atoms with E-state index >= 15 is 0 Å². The van der Waals surface area contributed by atoms with Crippen LogP contribution in [0.15, 0.2) is 35.7 Å². The Bertz CT molecular complexity index is 1010. The Balaban J connectivity index is 1.83. The van der Waals surface area contributed by atoms with Crippen LogP contribution in [0.5, 0.6) is 0 Å². The number of benzene rings is 1. The van der Waals surface area contributed by atoms with Gasteiger partial charge in [-0.1, -0.05) is 0 Å². The Morgan fingerprint density at radius 1 is 1.22 bits per heavy atom. The number of anilines is 2. The molecule has 0 amide bonds. The lowest BCUT2D eigenvalue weighted by molar-refractivity contribution is 0.215. The van der Waals surface area contributed by atoms with E-state index in [-0.39, 0.29) is 23.6 Å². The standard InChI is InChI=1S/C22H29FN8O/c1-27-13-15(12-24)16-9-17(19(25)10-18(16)23)22(26)20-11-21(29-14-28-20)31-6-4-30(5-7-31)3-2-8-32/h9-14,26,32H,2-8,24-25H2,1H3. The first-order valence-electron chi connectivity index (χ1n) is 10.4. The number of nitrogens with two attached hydrogens (primary N) is 2. The largest absolute Gasteiger partial charge is 0.404 e. The summed E-state index contributed by atoms with van der Waals surface area (Å²) in [6.45, 7) is 4.40. The van der Waals surface area contributed by atoms with E-state index < -0.39 is 5.82 Å². The predicted octanol–water partition coefficient (Wildman–Crippen LogP) is 1.12. The molecule has 1 fully saturated rings. The maximum absolute atomic E-state index is 14.5. The summed E-state index contributed by atoms with van der Waals surface area (Å²) in [6.07, 6.45) is 4.90. The van der Waals surface area contributed by atoms with E-state index in [9.17, 15) is 4.39 Å². The Morgan fingerprint density at radius 2 is 1.97 bits per heavy atom. The van der Waals surface area contributed by atoms with Crippen molar-refractivity contribution < 1.29 is 9.50 Å². The molecule has 10 heteroatoms. The maximum Gasteiger partial charge on any atom is 0.133 e. The fourth-order valence-corrected chi connectivity index (χ4v) is 3.66. The van der Waals surface area contributed by atoms with Gasteiger partial charge in [0, 0.05) is 87.2 Å². The minimum absolute atomic E-state index is 0.0683. The summed E-state index contributed by atoms with van der Waals surface area (Å²) >= 11 is 0. The van der Waals surface area contributed by atoms with E-state index in [2.05, 4.69) is 24.8 Å².